The zero-order valence-electron chi connectivity index (χ0n) is 23.3. The van der Waals surface area contributed by atoms with Gasteiger partial charge in [0.15, 0.2) is 0 Å². The van der Waals surface area contributed by atoms with E-state index in [9.17, 15) is 9.59 Å². The molecule has 0 amide bonds. The van der Waals surface area contributed by atoms with Crippen LogP contribution < -0.4 is 5.32 Å². The van der Waals surface area contributed by atoms with Gasteiger partial charge >= 0.3 is 11.9 Å². The van der Waals surface area contributed by atoms with Gasteiger partial charge in [-0.2, -0.15) is 0 Å². The molecular weight excluding hydrogens is 490 g/mol. The van der Waals surface area contributed by atoms with E-state index < -0.39 is 17.9 Å². The summed E-state index contributed by atoms with van der Waals surface area (Å²) >= 11 is 0. The standard InChI is InChI=1S/C32H39N3O4/c1-4-5-6-7-8-17-28-29(31(36)38-20-11-15-26-13-9-18-33-22-26)24(2)35-25(3)30(28)32(37)39-21-12-16-27-14-10-19-34-23-27/h9-10,13-14,18-19,22-23,28,35H,4-7,11-12,15-16,20-21H2,1-3H3. The average molecular weight is 530 g/mol. The highest BCUT2D eigenvalue weighted by atomic mass is 16.5. The number of aromatic nitrogens is 2. The molecule has 2 aromatic heterocycles. The zero-order valence-corrected chi connectivity index (χ0v) is 23.3. The van der Waals surface area contributed by atoms with Crippen molar-refractivity contribution in [1.82, 2.24) is 15.3 Å². The summed E-state index contributed by atoms with van der Waals surface area (Å²) in [5, 5.41) is 3.19. The van der Waals surface area contributed by atoms with Gasteiger partial charge in [0.1, 0.15) is 0 Å². The Bertz CT molecular complexity index is 1130. The monoisotopic (exact) mass is 529 g/mol. The number of dihydropyridines is 1. The number of esters is 2. The number of carbonyl (C=O) groups excluding carboxylic acids is 2. The van der Waals surface area contributed by atoms with Crippen LogP contribution in [-0.4, -0.2) is 35.1 Å². The fourth-order valence-corrected chi connectivity index (χ4v) is 4.45. The Balaban J connectivity index is 1.67. The molecule has 0 bridgehead atoms. The molecule has 7 nitrogen and oxygen atoms in total. The molecule has 0 unspecified atom stereocenters. The molecule has 206 valence electrons. The predicted octanol–water partition coefficient (Wildman–Crippen LogP) is 5.48. The summed E-state index contributed by atoms with van der Waals surface area (Å²) in [6.45, 7) is 6.30. The van der Waals surface area contributed by atoms with E-state index in [1.807, 2.05) is 50.5 Å². The van der Waals surface area contributed by atoms with Crippen LogP contribution in [0.5, 0.6) is 0 Å². The molecule has 0 spiro atoms. The number of unbranched alkanes of at least 4 members (excludes halogenated alkanes) is 3. The third kappa shape index (κ3) is 9.40. The fraction of sp³-hybridized carbons (Fsp3) is 0.438. The van der Waals surface area contributed by atoms with Crippen LogP contribution in [0.2, 0.25) is 0 Å². The summed E-state index contributed by atoms with van der Waals surface area (Å²) in [5.41, 5.74) is 4.20. The second-order valence-corrected chi connectivity index (χ2v) is 9.62. The molecular formula is C32H39N3O4. The number of carbonyl (C=O) groups is 2. The molecule has 0 radical (unpaired) electrons. The van der Waals surface area contributed by atoms with Gasteiger partial charge in [-0.15, -0.1) is 5.92 Å². The number of hydrogen-bond donors (Lipinski definition) is 1. The first-order chi connectivity index (χ1) is 19.0. The Labute approximate surface area is 232 Å². The maximum Gasteiger partial charge on any atom is 0.337 e. The molecule has 0 saturated carbocycles. The number of rotatable bonds is 13. The molecule has 1 aliphatic rings. The molecule has 3 heterocycles. The fourth-order valence-electron chi connectivity index (χ4n) is 4.45. The van der Waals surface area contributed by atoms with Crippen molar-refractivity contribution in [2.45, 2.75) is 72.1 Å². The van der Waals surface area contributed by atoms with Crippen LogP contribution >= 0.6 is 0 Å². The molecule has 0 saturated heterocycles. The zero-order chi connectivity index (χ0) is 27.9. The lowest BCUT2D eigenvalue weighted by Gasteiger charge is -2.27. The van der Waals surface area contributed by atoms with E-state index in [0.29, 0.717) is 41.8 Å². The van der Waals surface area contributed by atoms with Crippen LogP contribution in [-0.2, 0) is 31.9 Å². The van der Waals surface area contributed by atoms with Gasteiger partial charge in [0.2, 0.25) is 0 Å². The summed E-state index contributed by atoms with van der Waals surface area (Å²) in [7, 11) is 0. The third-order valence-corrected chi connectivity index (χ3v) is 6.48. The lowest BCUT2D eigenvalue weighted by molar-refractivity contribution is -0.140. The summed E-state index contributed by atoms with van der Waals surface area (Å²) in [5.74, 6) is 4.78. The number of aryl methyl sites for hydroxylation is 2. The molecule has 0 aromatic carbocycles. The van der Waals surface area contributed by atoms with Crippen molar-refractivity contribution < 1.29 is 19.1 Å². The van der Waals surface area contributed by atoms with Crippen molar-refractivity contribution in [1.29, 1.82) is 0 Å². The molecule has 0 atom stereocenters. The van der Waals surface area contributed by atoms with Crippen LogP contribution in [0.4, 0.5) is 0 Å². The largest absolute Gasteiger partial charge is 0.462 e. The van der Waals surface area contributed by atoms with Gasteiger partial charge in [-0.3, -0.25) is 9.97 Å². The molecule has 1 aliphatic heterocycles. The second kappa shape index (κ2) is 16.1. The van der Waals surface area contributed by atoms with Crippen molar-refractivity contribution in [2.75, 3.05) is 13.2 Å². The molecule has 0 aliphatic carbocycles. The van der Waals surface area contributed by atoms with E-state index in [1.165, 1.54) is 0 Å². The Morgan fingerprint density at radius 1 is 0.846 bits per heavy atom. The Hall–Kier alpha value is -3.92. The van der Waals surface area contributed by atoms with E-state index in [0.717, 1.165) is 43.2 Å². The highest BCUT2D eigenvalue weighted by Crippen LogP contribution is 2.31. The SMILES string of the molecule is CCCCCC#CC1C(C(=O)OCCCc2cccnc2)=C(C)NC(C)=C1C(=O)OCCCc1cccnc1. The minimum atomic E-state index is -0.704. The van der Waals surface area contributed by atoms with Crippen LogP contribution in [0, 0.1) is 17.8 Å². The normalized spacial score (nSPS) is 13.4. The number of allylic oxidation sites excluding steroid dienone is 2. The topological polar surface area (TPSA) is 90.4 Å². The first-order valence-corrected chi connectivity index (χ1v) is 13.8. The lowest BCUT2D eigenvalue weighted by Crippen LogP contribution is -2.33. The number of hydrogen-bond acceptors (Lipinski definition) is 7. The molecule has 39 heavy (non-hydrogen) atoms. The first-order valence-electron chi connectivity index (χ1n) is 13.8. The quantitative estimate of drug-likeness (QED) is 0.209. The Kier molecular flexibility index (Phi) is 12.3. The first kappa shape index (κ1) is 29.6. The van der Waals surface area contributed by atoms with Gasteiger partial charge in [0.05, 0.1) is 30.3 Å². The van der Waals surface area contributed by atoms with Crippen LogP contribution in [0.3, 0.4) is 0 Å². The van der Waals surface area contributed by atoms with E-state index in [-0.39, 0.29) is 13.2 Å². The maximum atomic E-state index is 13.3. The van der Waals surface area contributed by atoms with E-state index in [4.69, 9.17) is 9.47 Å². The van der Waals surface area contributed by atoms with Crippen molar-refractivity contribution in [3.8, 4) is 11.8 Å². The number of pyridine rings is 2. The number of nitrogens with zero attached hydrogens (tertiary/aromatic N) is 2. The summed E-state index contributed by atoms with van der Waals surface area (Å²) < 4.78 is 11.3. The third-order valence-electron chi connectivity index (χ3n) is 6.48. The molecule has 2 aromatic rings. The van der Waals surface area contributed by atoms with Gasteiger partial charge in [-0.05, 0) is 69.2 Å². The number of nitrogens with one attached hydrogen (secondary N) is 1. The van der Waals surface area contributed by atoms with Gasteiger partial charge in [0.25, 0.3) is 0 Å². The second-order valence-electron chi connectivity index (χ2n) is 9.62. The maximum absolute atomic E-state index is 13.3. The van der Waals surface area contributed by atoms with Gasteiger partial charge in [-0.1, -0.05) is 37.8 Å². The average Bonchev–Trinajstić information content (AvgIpc) is 2.94. The van der Waals surface area contributed by atoms with Crippen LogP contribution in [0.25, 0.3) is 0 Å². The summed E-state index contributed by atoms with van der Waals surface area (Å²) in [6, 6.07) is 7.78. The molecule has 1 N–H and O–H groups in total. The smallest absolute Gasteiger partial charge is 0.337 e. The summed E-state index contributed by atoms with van der Waals surface area (Å²) in [6.07, 6.45) is 13.8. The van der Waals surface area contributed by atoms with Crippen molar-refractivity contribution in [3.05, 3.63) is 82.7 Å². The molecule has 3 rings (SSSR count). The Morgan fingerprint density at radius 2 is 1.38 bits per heavy atom. The van der Waals surface area contributed by atoms with E-state index in [2.05, 4.69) is 34.0 Å². The minimum Gasteiger partial charge on any atom is -0.462 e. The highest BCUT2D eigenvalue weighted by molar-refractivity contribution is 5.98. The van der Waals surface area contributed by atoms with E-state index in [1.54, 1.807) is 12.4 Å². The molecule has 0 fully saturated rings. The van der Waals surface area contributed by atoms with Crippen LogP contribution in [0.15, 0.2) is 71.6 Å². The van der Waals surface area contributed by atoms with Crippen molar-refractivity contribution in [2.24, 2.45) is 5.92 Å². The van der Waals surface area contributed by atoms with Crippen molar-refractivity contribution in [3.63, 3.8) is 0 Å². The summed E-state index contributed by atoms with van der Waals surface area (Å²) in [4.78, 5) is 34.8. The predicted molar refractivity (Wildman–Crippen MR) is 151 cm³/mol. The Morgan fingerprint density at radius 3 is 1.85 bits per heavy atom. The lowest BCUT2D eigenvalue weighted by atomic mass is 9.85. The van der Waals surface area contributed by atoms with Crippen molar-refractivity contribution >= 4 is 11.9 Å². The minimum absolute atomic E-state index is 0.262. The molecule has 7 heteroatoms. The van der Waals surface area contributed by atoms with Gasteiger partial charge < -0.3 is 14.8 Å². The number of ether oxygens (including phenoxy) is 2. The van der Waals surface area contributed by atoms with Gasteiger partial charge in [0, 0.05) is 42.6 Å². The van der Waals surface area contributed by atoms with Gasteiger partial charge in [-0.25, -0.2) is 9.59 Å². The van der Waals surface area contributed by atoms with Crippen LogP contribution in [0.1, 0.15) is 70.4 Å². The highest BCUT2D eigenvalue weighted by Gasteiger charge is 2.36. The van der Waals surface area contributed by atoms with E-state index >= 15 is 0 Å².